The maximum absolute atomic E-state index is 5.51. The Bertz CT molecular complexity index is 655. The first kappa shape index (κ1) is 15.2. The molecule has 0 bridgehead atoms. The summed E-state index contributed by atoms with van der Waals surface area (Å²) in [5.74, 6) is 2.88. The first-order valence-corrected chi connectivity index (χ1v) is 8.71. The van der Waals surface area contributed by atoms with E-state index in [1.807, 2.05) is 36.0 Å². The number of benzene rings is 2. The molecule has 5 heteroatoms. The van der Waals surface area contributed by atoms with E-state index >= 15 is 0 Å². The van der Waals surface area contributed by atoms with Crippen LogP contribution in [0.25, 0.3) is 11.1 Å². The molecule has 0 atom stereocenters. The average molecular weight is 330 g/mol. The van der Waals surface area contributed by atoms with Crippen LogP contribution in [-0.4, -0.2) is 35.3 Å². The zero-order chi connectivity index (χ0) is 15.4. The van der Waals surface area contributed by atoms with Crippen molar-refractivity contribution in [1.82, 2.24) is 4.90 Å². The Morgan fingerprint density at radius 2 is 2.00 bits per heavy atom. The Hall–Kier alpha value is -1.72. The smallest absolute Gasteiger partial charge is 0.174 e. The van der Waals surface area contributed by atoms with E-state index in [1.165, 1.54) is 5.56 Å². The summed E-state index contributed by atoms with van der Waals surface area (Å²) < 4.78 is 5.45. The molecule has 2 aromatic carbocycles. The van der Waals surface area contributed by atoms with E-state index in [9.17, 15) is 0 Å². The lowest BCUT2D eigenvalue weighted by Crippen LogP contribution is -2.32. The molecule has 0 radical (unpaired) electrons. The highest BCUT2D eigenvalue weighted by atomic mass is 32.2. The molecule has 0 amide bonds. The van der Waals surface area contributed by atoms with E-state index in [1.54, 1.807) is 7.11 Å². The van der Waals surface area contributed by atoms with Gasteiger partial charge in [0.05, 0.1) is 18.7 Å². The second-order valence-electron chi connectivity index (χ2n) is 5.01. The van der Waals surface area contributed by atoms with Crippen LogP contribution in [0, 0.1) is 0 Å². The lowest BCUT2D eigenvalue weighted by Gasteiger charge is -2.20. The highest BCUT2D eigenvalue weighted by Crippen LogP contribution is 2.31. The van der Waals surface area contributed by atoms with E-state index in [0.717, 1.165) is 40.3 Å². The molecule has 3 nitrogen and oxygen atoms in total. The molecule has 22 heavy (non-hydrogen) atoms. The maximum Gasteiger partial charge on any atom is 0.174 e. The summed E-state index contributed by atoms with van der Waals surface area (Å²) in [4.78, 5) is 2.18. The number of ether oxygens (including phenoxy) is 1. The summed E-state index contributed by atoms with van der Waals surface area (Å²) in [5.41, 5.74) is 3.23. The first-order valence-electron chi connectivity index (χ1n) is 7.15. The molecule has 1 aliphatic heterocycles. The Morgan fingerprint density at radius 1 is 1.18 bits per heavy atom. The van der Waals surface area contributed by atoms with E-state index < -0.39 is 0 Å². The van der Waals surface area contributed by atoms with Crippen molar-refractivity contribution in [2.24, 2.45) is 0 Å². The summed E-state index contributed by atoms with van der Waals surface area (Å²) >= 11 is 7.41. The normalized spacial score (nSPS) is 14.0. The Balaban J connectivity index is 1.86. The van der Waals surface area contributed by atoms with Crippen molar-refractivity contribution >= 4 is 34.8 Å². The van der Waals surface area contributed by atoms with Crippen LogP contribution in [0.15, 0.2) is 48.5 Å². The van der Waals surface area contributed by atoms with Gasteiger partial charge in [0.2, 0.25) is 0 Å². The van der Waals surface area contributed by atoms with Gasteiger partial charge in [0.1, 0.15) is 5.75 Å². The third kappa shape index (κ3) is 3.36. The van der Waals surface area contributed by atoms with E-state index in [2.05, 4.69) is 34.5 Å². The Labute approximate surface area is 140 Å². The third-order valence-electron chi connectivity index (χ3n) is 3.59. The van der Waals surface area contributed by atoms with Gasteiger partial charge in [0.15, 0.2) is 5.11 Å². The highest BCUT2D eigenvalue weighted by Gasteiger charge is 2.16. The SMILES string of the molecule is COc1ccc(-c2ccccc2)cc1NC(=S)N1CCSC1. The van der Waals surface area contributed by atoms with Gasteiger partial charge in [0.25, 0.3) is 0 Å². The molecule has 3 rings (SSSR count). The van der Waals surface area contributed by atoms with Crippen LogP contribution < -0.4 is 10.1 Å². The van der Waals surface area contributed by atoms with Crippen molar-refractivity contribution in [1.29, 1.82) is 0 Å². The van der Waals surface area contributed by atoms with Gasteiger partial charge in [0, 0.05) is 12.3 Å². The molecule has 1 fully saturated rings. The van der Waals surface area contributed by atoms with Crippen molar-refractivity contribution in [3.63, 3.8) is 0 Å². The Kier molecular flexibility index (Phi) is 4.85. The number of hydrogen-bond donors (Lipinski definition) is 1. The fraction of sp³-hybridized carbons (Fsp3) is 0.235. The Morgan fingerprint density at radius 3 is 2.68 bits per heavy atom. The number of rotatable bonds is 3. The number of hydrogen-bond acceptors (Lipinski definition) is 3. The van der Waals surface area contributed by atoms with Crippen LogP contribution >= 0.6 is 24.0 Å². The maximum atomic E-state index is 5.51. The molecule has 2 aromatic rings. The number of nitrogens with zero attached hydrogens (tertiary/aromatic N) is 1. The lowest BCUT2D eigenvalue weighted by atomic mass is 10.0. The molecule has 114 valence electrons. The van der Waals surface area contributed by atoms with Crippen molar-refractivity contribution < 1.29 is 4.74 Å². The molecule has 1 aliphatic rings. The highest BCUT2D eigenvalue weighted by molar-refractivity contribution is 7.99. The van der Waals surface area contributed by atoms with Gasteiger partial charge in [-0.1, -0.05) is 36.4 Å². The summed E-state index contributed by atoms with van der Waals surface area (Å²) in [6.07, 6.45) is 0. The third-order valence-corrected chi connectivity index (χ3v) is 4.91. The van der Waals surface area contributed by atoms with Gasteiger partial charge in [-0.05, 0) is 35.5 Å². The molecule has 0 aromatic heterocycles. The molecule has 1 heterocycles. The van der Waals surface area contributed by atoms with Crippen molar-refractivity contribution in [2.75, 3.05) is 30.6 Å². The second-order valence-corrected chi connectivity index (χ2v) is 6.47. The van der Waals surface area contributed by atoms with Gasteiger partial charge < -0.3 is 15.0 Å². The average Bonchev–Trinajstić information content (AvgIpc) is 3.10. The van der Waals surface area contributed by atoms with Gasteiger partial charge in [-0.25, -0.2) is 0 Å². The molecule has 1 saturated heterocycles. The molecule has 0 saturated carbocycles. The first-order chi connectivity index (χ1) is 10.8. The van der Waals surface area contributed by atoms with Gasteiger partial charge in [-0.15, -0.1) is 11.8 Å². The minimum Gasteiger partial charge on any atom is -0.495 e. The summed E-state index contributed by atoms with van der Waals surface area (Å²) in [6.45, 7) is 0.997. The van der Waals surface area contributed by atoms with Crippen molar-refractivity contribution in [2.45, 2.75) is 0 Å². The van der Waals surface area contributed by atoms with Crippen LogP contribution in [-0.2, 0) is 0 Å². The fourth-order valence-electron chi connectivity index (χ4n) is 2.38. The van der Waals surface area contributed by atoms with E-state index in [4.69, 9.17) is 17.0 Å². The number of thiocarbonyl (C=S) groups is 1. The quantitative estimate of drug-likeness (QED) is 0.856. The van der Waals surface area contributed by atoms with Crippen LogP contribution in [0.4, 0.5) is 5.69 Å². The summed E-state index contributed by atoms with van der Waals surface area (Å²) in [5, 5.41) is 4.09. The topological polar surface area (TPSA) is 24.5 Å². The predicted molar refractivity (Wildman–Crippen MR) is 98.7 cm³/mol. The lowest BCUT2D eigenvalue weighted by molar-refractivity contribution is 0.416. The van der Waals surface area contributed by atoms with Crippen LogP contribution in [0.3, 0.4) is 0 Å². The van der Waals surface area contributed by atoms with Crippen molar-refractivity contribution in [3.05, 3.63) is 48.5 Å². The summed E-state index contributed by atoms with van der Waals surface area (Å²) in [6, 6.07) is 16.4. The van der Waals surface area contributed by atoms with Gasteiger partial charge in [-0.3, -0.25) is 0 Å². The standard InChI is InChI=1S/C17H18N2OS2/c1-20-16-8-7-14(13-5-3-2-4-6-13)11-15(16)18-17(21)19-9-10-22-12-19/h2-8,11H,9-10,12H2,1H3,(H,18,21). The molecule has 0 aliphatic carbocycles. The molecule has 0 unspecified atom stereocenters. The van der Waals surface area contributed by atoms with E-state index in [0.29, 0.717) is 0 Å². The minimum atomic E-state index is 0.758. The zero-order valence-corrected chi connectivity index (χ0v) is 14.0. The van der Waals surface area contributed by atoms with Crippen LogP contribution in [0.2, 0.25) is 0 Å². The molecule has 1 N–H and O–H groups in total. The number of nitrogens with one attached hydrogen (secondary N) is 1. The molecule has 0 spiro atoms. The van der Waals surface area contributed by atoms with Gasteiger partial charge >= 0.3 is 0 Å². The van der Waals surface area contributed by atoms with E-state index in [-0.39, 0.29) is 0 Å². The van der Waals surface area contributed by atoms with Gasteiger partial charge in [-0.2, -0.15) is 0 Å². The fourth-order valence-corrected chi connectivity index (χ4v) is 3.69. The van der Waals surface area contributed by atoms with Crippen LogP contribution in [0.1, 0.15) is 0 Å². The number of methoxy groups -OCH3 is 1. The predicted octanol–water partition coefficient (Wildman–Crippen LogP) is 4.07. The summed E-state index contributed by atoms with van der Waals surface area (Å²) in [7, 11) is 1.68. The van der Waals surface area contributed by atoms with Crippen LogP contribution in [0.5, 0.6) is 5.75 Å². The zero-order valence-electron chi connectivity index (χ0n) is 12.4. The molecular weight excluding hydrogens is 312 g/mol. The molecular formula is C17H18N2OS2. The monoisotopic (exact) mass is 330 g/mol. The minimum absolute atomic E-state index is 0.758. The number of thioether (sulfide) groups is 1. The van der Waals surface area contributed by atoms with Crippen molar-refractivity contribution in [3.8, 4) is 16.9 Å². The largest absolute Gasteiger partial charge is 0.495 e. The second kappa shape index (κ2) is 7.03. The number of anilines is 1.